The van der Waals surface area contributed by atoms with E-state index in [2.05, 4.69) is 5.32 Å². The molecule has 0 bridgehead atoms. The number of hydrogen-bond acceptors (Lipinski definition) is 2. The summed E-state index contributed by atoms with van der Waals surface area (Å²) in [5.74, 6) is -1.13. The monoisotopic (exact) mass is 201 g/mol. The third-order valence-electron chi connectivity index (χ3n) is 1.96. The Labute approximate surface area is 81.6 Å². The highest BCUT2D eigenvalue weighted by atomic mass is 19.1. The lowest BCUT2D eigenvalue weighted by atomic mass is 10.2. The third-order valence-corrected chi connectivity index (χ3v) is 1.96. The molecule has 2 N–H and O–H groups in total. The topological polar surface area (TPSA) is 32.3 Å². The van der Waals surface area contributed by atoms with Crippen molar-refractivity contribution in [3.8, 4) is 0 Å². The molecule has 1 aromatic rings. The van der Waals surface area contributed by atoms with Gasteiger partial charge in [-0.2, -0.15) is 0 Å². The van der Waals surface area contributed by atoms with Crippen molar-refractivity contribution in [1.29, 1.82) is 0 Å². The minimum atomic E-state index is -0.567. The van der Waals surface area contributed by atoms with Crippen LogP contribution >= 0.6 is 0 Å². The first kappa shape index (κ1) is 11.1. The van der Waals surface area contributed by atoms with Crippen molar-refractivity contribution in [2.75, 3.05) is 6.61 Å². The maximum Gasteiger partial charge on any atom is 0.130 e. The maximum absolute atomic E-state index is 13.1. The molecule has 0 amide bonds. The normalized spacial score (nSPS) is 12.9. The van der Waals surface area contributed by atoms with Crippen LogP contribution in [0.1, 0.15) is 12.5 Å². The second-order valence-corrected chi connectivity index (χ2v) is 3.16. The van der Waals surface area contributed by atoms with Crippen molar-refractivity contribution >= 4 is 0 Å². The molecule has 1 rings (SSSR count). The summed E-state index contributed by atoms with van der Waals surface area (Å²) in [4.78, 5) is 0. The van der Waals surface area contributed by atoms with E-state index in [9.17, 15) is 8.78 Å². The molecule has 0 aromatic heterocycles. The SMILES string of the molecule is CC(CO)NCc1c(F)cccc1F. The second kappa shape index (κ2) is 5.02. The molecular formula is C10H13F2NO. The molecule has 0 spiro atoms. The van der Waals surface area contributed by atoms with E-state index in [0.717, 1.165) is 0 Å². The quantitative estimate of drug-likeness (QED) is 0.772. The van der Waals surface area contributed by atoms with Crippen molar-refractivity contribution < 1.29 is 13.9 Å². The lowest BCUT2D eigenvalue weighted by Gasteiger charge is -2.11. The Balaban J connectivity index is 2.66. The number of aliphatic hydroxyl groups is 1. The van der Waals surface area contributed by atoms with Crippen LogP contribution in [-0.4, -0.2) is 17.8 Å². The Morgan fingerprint density at radius 3 is 2.43 bits per heavy atom. The zero-order valence-corrected chi connectivity index (χ0v) is 7.93. The summed E-state index contributed by atoms with van der Waals surface area (Å²) in [5, 5.41) is 11.5. The molecule has 0 saturated carbocycles. The van der Waals surface area contributed by atoms with Gasteiger partial charge in [-0.25, -0.2) is 8.78 Å². The Bertz CT molecular complexity index is 284. The van der Waals surface area contributed by atoms with Crippen LogP contribution in [0.2, 0.25) is 0 Å². The first-order valence-corrected chi connectivity index (χ1v) is 4.42. The Hall–Kier alpha value is -1.00. The Morgan fingerprint density at radius 1 is 1.36 bits per heavy atom. The van der Waals surface area contributed by atoms with Gasteiger partial charge >= 0.3 is 0 Å². The van der Waals surface area contributed by atoms with Crippen LogP contribution in [-0.2, 0) is 6.54 Å². The number of benzene rings is 1. The highest BCUT2D eigenvalue weighted by Crippen LogP contribution is 2.11. The summed E-state index contributed by atoms with van der Waals surface area (Å²) >= 11 is 0. The van der Waals surface area contributed by atoms with Crippen LogP contribution < -0.4 is 5.32 Å². The van der Waals surface area contributed by atoms with E-state index >= 15 is 0 Å². The summed E-state index contributed by atoms with van der Waals surface area (Å²) in [7, 11) is 0. The number of hydrogen-bond donors (Lipinski definition) is 2. The zero-order chi connectivity index (χ0) is 10.6. The van der Waals surface area contributed by atoms with Crippen LogP contribution in [0.5, 0.6) is 0 Å². The average molecular weight is 201 g/mol. The predicted octanol–water partition coefficient (Wildman–Crippen LogP) is 1.44. The molecule has 1 unspecified atom stereocenters. The molecule has 0 aliphatic carbocycles. The van der Waals surface area contributed by atoms with E-state index in [1.165, 1.54) is 18.2 Å². The average Bonchev–Trinajstić information content (AvgIpc) is 2.16. The molecule has 78 valence electrons. The van der Waals surface area contributed by atoms with Crippen molar-refractivity contribution in [2.24, 2.45) is 0 Å². The number of aliphatic hydroxyl groups excluding tert-OH is 1. The lowest BCUT2D eigenvalue weighted by Crippen LogP contribution is -2.29. The van der Waals surface area contributed by atoms with E-state index in [1.807, 2.05) is 0 Å². The third kappa shape index (κ3) is 2.75. The van der Waals surface area contributed by atoms with Gasteiger partial charge in [0.25, 0.3) is 0 Å². The molecule has 1 atom stereocenters. The van der Waals surface area contributed by atoms with E-state index in [4.69, 9.17) is 5.11 Å². The summed E-state index contributed by atoms with van der Waals surface area (Å²) in [6.45, 7) is 1.76. The molecule has 2 nitrogen and oxygen atoms in total. The molecule has 0 saturated heterocycles. The zero-order valence-electron chi connectivity index (χ0n) is 7.93. The molecule has 1 aromatic carbocycles. The van der Waals surface area contributed by atoms with E-state index in [0.29, 0.717) is 0 Å². The molecule has 14 heavy (non-hydrogen) atoms. The van der Waals surface area contributed by atoms with Crippen molar-refractivity contribution in [3.63, 3.8) is 0 Å². The fourth-order valence-electron chi connectivity index (χ4n) is 1.04. The number of nitrogens with one attached hydrogen (secondary N) is 1. The molecule has 0 aliphatic rings. The van der Waals surface area contributed by atoms with Gasteiger partial charge < -0.3 is 10.4 Å². The minimum absolute atomic E-state index is 0.00722. The number of halogens is 2. The van der Waals surface area contributed by atoms with E-state index < -0.39 is 11.6 Å². The predicted molar refractivity (Wildman–Crippen MR) is 49.7 cm³/mol. The second-order valence-electron chi connectivity index (χ2n) is 3.16. The van der Waals surface area contributed by atoms with Gasteiger partial charge in [-0.1, -0.05) is 6.07 Å². The fourth-order valence-corrected chi connectivity index (χ4v) is 1.04. The minimum Gasteiger partial charge on any atom is -0.395 e. The first-order chi connectivity index (χ1) is 6.65. The molecular weight excluding hydrogens is 188 g/mol. The maximum atomic E-state index is 13.1. The van der Waals surface area contributed by atoms with Crippen LogP contribution in [0.3, 0.4) is 0 Å². The van der Waals surface area contributed by atoms with Crippen LogP contribution in [0.4, 0.5) is 8.78 Å². The van der Waals surface area contributed by atoms with Gasteiger partial charge in [0.2, 0.25) is 0 Å². The van der Waals surface area contributed by atoms with Gasteiger partial charge in [0.1, 0.15) is 11.6 Å². The van der Waals surface area contributed by atoms with Gasteiger partial charge in [0.15, 0.2) is 0 Å². The molecule has 0 aliphatic heterocycles. The molecule has 0 radical (unpaired) electrons. The first-order valence-electron chi connectivity index (χ1n) is 4.42. The Kier molecular flexibility index (Phi) is 3.98. The highest BCUT2D eigenvalue weighted by Gasteiger charge is 2.08. The largest absolute Gasteiger partial charge is 0.395 e. The standard InChI is InChI=1S/C10H13F2NO/c1-7(6-14)13-5-8-9(11)3-2-4-10(8)12/h2-4,7,13-14H,5-6H2,1H3. The highest BCUT2D eigenvalue weighted by molar-refractivity contribution is 5.19. The lowest BCUT2D eigenvalue weighted by molar-refractivity contribution is 0.250. The van der Waals surface area contributed by atoms with E-state index in [1.54, 1.807) is 6.92 Å². The number of rotatable bonds is 4. The van der Waals surface area contributed by atoms with Gasteiger partial charge in [0.05, 0.1) is 6.61 Å². The summed E-state index contributed by atoms with van der Waals surface area (Å²) < 4.78 is 26.1. The smallest absolute Gasteiger partial charge is 0.130 e. The molecule has 4 heteroatoms. The summed E-state index contributed by atoms with van der Waals surface area (Å²) in [6.07, 6.45) is 0. The molecule has 0 fully saturated rings. The van der Waals surface area contributed by atoms with Gasteiger partial charge in [-0.05, 0) is 19.1 Å². The van der Waals surface area contributed by atoms with Crippen molar-refractivity contribution in [2.45, 2.75) is 19.5 Å². The summed E-state index contributed by atoms with van der Waals surface area (Å²) in [6, 6.07) is 3.57. The van der Waals surface area contributed by atoms with Crippen LogP contribution in [0, 0.1) is 11.6 Å². The van der Waals surface area contributed by atoms with Gasteiger partial charge in [-0.15, -0.1) is 0 Å². The van der Waals surface area contributed by atoms with Crippen molar-refractivity contribution in [1.82, 2.24) is 5.32 Å². The summed E-state index contributed by atoms with van der Waals surface area (Å²) in [5.41, 5.74) is 0.00722. The van der Waals surface area contributed by atoms with Crippen LogP contribution in [0.25, 0.3) is 0 Å². The fraction of sp³-hybridized carbons (Fsp3) is 0.400. The van der Waals surface area contributed by atoms with Crippen LogP contribution in [0.15, 0.2) is 18.2 Å². The van der Waals surface area contributed by atoms with Gasteiger partial charge in [-0.3, -0.25) is 0 Å². The van der Waals surface area contributed by atoms with Gasteiger partial charge in [0, 0.05) is 18.2 Å². The van der Waals surface area contributed by atoms with E-state index in [-0.39, 0.29) is 24.8 Å². The Morgan fingerprint density at radius 2 is 1.93 bits per heavy atom. The van der Waals surface area contributed by atoms with Crippen molar-refractivity contribution in [3.05, 3.63) is 35.4 Å². The molecule has 0 heterocycles.